The summed E-state index contributed by atoms with van der Waals surface area (Å²) in [6.45, 7) is 7.95. The van der Waals surface area contributed by atoms with Gasteiger partial charge in [-0.15, -0.1) is 11.8 Å². The second-order valence-corrected chi connectivity index (χ2v) is 6.51. The molecule has 1 heterocycles. The van der Waals surface area contributed by atoms with Crippen molar-refractivity contribution < 1.29 is 4.79 Å². The quantitative estimate of drug-likeness (QED) is 0.448. The van der Waals surface area contributed by atoms with Crippen molar-refractivity contribution >= 4 is 29.2 Å². The Bertz CT molecular complexity index is 713. The topological polar surface area (TPSA) is 54.4 Å². The van der Waals surface area contributed by atoms with Gasteiger partial charge in [0.05, 0.1) is 11.4 Å². The molecule has 0 saturated heterocycles. The monoisotopic (exact) mass is 369 g/mol. The summed E-state index contributed by atoms with van der Waals surface area (Å²) in [6.07, 6.45) is 6.60. The van der Waals surface area contributed by atoms with Gasteiger partial charge < -0.3 is 5.32 Å². The zero-order valence-corrected chi connectivity index (χ0v) is 16.7. The number of nitrogens with one attached hydrogen (secondary N) is 1. The Morgan fingerprint density at radius 2 is 1.77 bits per heavy atom. The van der Waals surface area contributed by atoms with E-state index in [4.69, 9.17) is 0 Å². The number of thioether (sulfide) groups is 1. The Hall–Kier alpha value is -2.40. The third-order valence-electron chi connectivity index (χ3n) is 2.97. The van der Waals surface area contributed by atoms with Crippen LogP contribution in [0.1, 0.15) is 39.7 Å². The minimum atomic E-state index is -0.0646. The third kappa shape index (κ3) is 8.62. The van der Waals surface area contributed by atoms with E-state index in [-0.39, 0.29) is 5.91 Å². The fourth-order valence-electron chi connectivity index (χ4n) is 1.93. The third-order valence-corrected chi connectivity index (χ3v) is 3.98. The molecule has 1 aromatic heterocycles. The molecule has 0 bridgehead atoms. The number of amides is 1. The van der Waals surface area contributed by atoms with E-state index in [9.17, 15) is 4.79 Å². The molecule has 0 aliphatic rings. The van der Waals surface area contributed by atoms with Gasteiger partial charge in [-0.25, -0.2) is 4.99 Å². The molecule has 0 aliphatic carbocycles. The Morgan fingerprint density at radius 1 is 1.15 bits per heavy atom. The van der Waals surface area contributed by atoms with Gasteiger partial charge in [-0.3, -0.25) is 9.78 Å². The highest BCUT2D eigenvalue weighted by molar-refractivity contribution is 8.00. The lowest BCUT2D eigenvalue weighted by atomic mass is 10.2. The van der Waals surface area contributed by atoms with Crippen LogP contribution in [0.2, 0.25) is 0 Å². The molecule has 0 atom stereocenters. The van der Waals surface area contributed by atoms with Crippen molar-refractivity contribution in [3.8, 4) is 0 Å². The van der Waals surface area contributed by atoms with E-state index in [0.717, 1.165) is 16.2 Å². The van der Waals surface area contributed by atoms with Gasteiger partial charge in [-0.05, 0) is 38.1 Å². The van der Waals surface area contributed by atoms with Crippen LogP contribution in [0.3, 0.4) is 0 Å². The van der Waals surface area contributed by atoms with Crippen LogP contribution in [0.15, 0.2) is 70.8 Å². The zero-order chi connectivity index (χ0) is 19.2. The molecular weight excluding hydrogens is 342 g/mol. The number of carbonyl (C=O) groups excluding carboxylic acids is 1. The second kappa shape index (κ2) is 12.9. The van der Waals surface area contributed by atoms with E-state index in [1.807, 2.05) is 55.5 Å². The van der Waals surface area contributed by atoms with Crippen LogP contribution in [0.25, 0.3) is 5.70 Å². The number of allylic oxidation sites excluding steroid dienone is 1. The van der Waals surface area contributed by atoms with Crippen molar-refractivity contribution in [3.63, 3.8) is 0 Å². The summed E-state index contributed by atoms with van der Waals surface area (Å²) in [6, 6.07) is 13.6. The largest absolute Gasteiger partial charge is 0.314 e. The van der Waals surface area contributed by atoms with Crippen LogP contribution in [0, 0.1) is 0 Å². The molecule has 0 aliphatic heterocycles. The summed E-state index contributed by atoms with van der Waals surface area (Å²) in [5.74, 6) is 0.871. The number of aliphatic imine (C=N–C) groups is 1. The molecule has 1 aromatic carbocycles. The van der Waals surface area contributed by atoms with E-state index >= 15 is 0 Å². The maximum Gasteiger partial charge on any atom is 0.235 e. The molecule has 2 rings (SSSR count). The lowest BCUT2D eigenvalue weighted by Crippen LogP contribution is -2.29. The van der Waals surface area contributed by atoms with Gasteiger partial charge in [0.25, 0.3) is 0 Å². The van der Waals surface area contributed by atoms with E-state index in [2.05, 4.69) is 29.1 Å². The van der Waals surface area contributed by atoms with Gasteiger partial charge in [0.15, 0.2) is 0 Å². The highest BCUT2D eigenvalue weighted by Crippen LogP contribution is 2.17. The second-order valence-electron chi connectivity index (χ2n) is 5.46. The number of benzene rings is 1. The van der Waals surface area contributed by atoms with Gasteiger partial charge in [0.1, 0.15) is 5.84 Å². The van der Waals surface area contributed by atoms with Crippen LogP contribution in [-0.4, -0.2) is 22.5 Å². The predicted molar refractivity (Wildman–Crippen MR) is 112 cm³/mol. The molecule has 4 nitrogen and oxygen atoms in total. The Balaban J connectivity index is 0.00000105. The fourth-order valence-corrected chi connectivity index (χ4v) is 2.65. The van der Waals surface area contributed by atoms with Gasteiger partial charge in [0, 0.05) is 22.9 Å². The number of hydrogen-bond acceptors (Lipinski definition) is 4. The summed E-state index contributed by atoms with van der Waals surface area (Å²) in [4.78, 5) is 21.5. The van der Waals surface area contributed by atoms with Crippen molar-refractivity contribution in [2.75, 3.05) is 5.75 Å². The van der Waals surface area contributed by atoms with E-state index in [1.54, 1.807) is 19.3 Å². The minimum absolute atomic E-state index is 0.0646. The van der Waals surface area contributed by atoms with Crippen molar-refractivity contribution in [2.24, 2.45) is 4.99 Å². The van der Waals surface area contributed by atoms with Gasteiger partial charge in [-0.1, -0.05) is 44.5 Å². The van der Waals surface area contributed by atoms with Crippen molar-refractivity contribution in [3.05, 3.63) is 66.5 Å². The molecule has 0 fully saturated rings. The number of nitrogens with zero attached hydrogens (tertiary/aromatic N) is 2. The summed E-state index contributed by atoms with van der Waals surface area (Å²) in [7, 11) is 0. The van der Waals surface area contributed by atoms with Gasteiger partial charge >= 0.3 is 0 Å². The molecular formula is C21H27N3OS. The molecule has 26 heavy (non-hydrogen) atoms. The number of rotatable bonds is 5. The Morgan fingerprint density at radius 3 is 2.35 bits per heavy atom. The summed E-state index contributed by atoms with van der Waals surface area (Å²) in [5, 5.41) is 2.82. The van der Waals surface area contributed by atoms with Crippen LogP contribution >= 0.6 is 11.8 Å². The molecule has 2 aromatic rings. The average Bonchev–Trinajstić information content (AvgIpc) is 2.66. The number of pyridine rings is 1. The summed E-state index contributed by atoms with van der Waals surface area (Å²) in [5.41, 5.74) is 1.77. The van der Waals surface area contributed by atoms with E-state index in [1.165, 1.54) is 18.2 Å². The van der Waals surface area contributed by atoms with Gasteiger partial charge in [-0.2, -0.15) is 0 Å². The zero-order valence-electron chi connectivity index (χ0n) is 15.9. The van der Waals surface area contributed by atoms with E-state index < -0.39 is 0 Å². The van der Waals surface area contributed by atoms with Crippen molar-refractivity contribution in [1.29, 1.82) is 0 Å². The molecule has 0 radical (unpaired) electrons. The molecule has 1 amide bonds. The minimum Gasteiger partial charge on any atom is -0.314 e. The Labute approximate surface area is 160 Å². The highest BCUT2D eigenvalue weighted by atomic mass is 32.2. The SMILES string of the molecule is C/C=C(\N=C(C)NC(=O)CSc1ccccc1)c1ccncc1.CCC. The Kier molecular flexibility index (Phi) is 10.7. The summed E-state index contributed by atoms with van der Waals surface area (Å²) >= 11 is 1.50. The first-order chi connectivity index (χ1) is 12.6. The number of carbonyl (C=O) groups is 1. The van der Waals surface area contributed by atoms with E-state index in [0.29, 0.717) is 11.6 Å². The van der Waals surface area contributed by atoms with Crippen molar-refractivity contribution in [2.45, 2.75) is 39.0 Å². The first-order valence-corrected chi connectivity index (χ1v) is 9.68. The molecule has 1 N–H and O–H groups in total. The first-order valence-electron chi connectivity index (χ1n) is 8.70. The number of hydrogen-bond donors (Lipinski definition) is 1. The summed E-state index contributed by atoms with van der Waals surface area (Å²) < 4.78 is 0. The fraction of sp³-hybridized carbons (Fsp3) is 0.286. The van der Waals surface area contributed by atoms with Crippen LogP contribution in [0.4, 0.5) is 0 Å². The van der Waals surface area contributed by atoms with Gasteiger partial charge in [0.2, 0.25) is 5.91 Å². The predicted octanol–water partition coefficient (Wildman–Crippen LogP) is 5.19. The normalized spacial score (nSPS) is 11.4. The molecule has 0 spiro atoms. The molecule has 138 valence electrons. The molecule has 0 saturated carbocycles. The average molecular weight is 370 g/mol. The smallest absolute Gasteiger partial charge is 0.235 e. The highest BCUT2D eigenvalue weighted by Gasteiger charge is 2.05. The standard InChI is InChI=1S/C18H19N3OS.C3H8/c1-3-17(15-9-11-19-12-10-15)20-14(2)21-18(22)13-23-16-7-5-4-6-8-16;1-3-2/h3-12H,13H2,1-2H3,(H,20,21,22);3H2,1-2H3/b17-3-;. The van der Waals surface area contributed by atoms with Crippen molar-refractivity contribution in [1.82, 2.24) is 10.3 Å². The maximum atomic E-state index is 12.0. The van der Waals surface area contributed by atoms with Crippen LogP contribution < -0.4 is 5.32 Å². The lowest BCUT2D eigenvalue weighted by molar-refractivity contribution is -0.117. The number of amidine groups is 1. The first kappa shape index (κ1) is 21.6. The lowest BCUT2D eigenvalue weighted by Gasteiger charge is -2.07. The van der Waals surface area contributed by atoms with Crippen LogP contribution in [-0.2, 0) is 4.79 Å². The molecule has 5 heteroatoms. The molecule has 0 unspecified atom stereocenters. The maximum absolute atomic E-state index is 12.0. The number of aromatic nitrogens is 1. The van der Waals surface area contributed by atoms with Crippen LogP contribution in [0.5, 0.6) is 0 Å².